The van der Waals surface area contributed by atoms with Crippen LogP contribution in [0.2, 0.25) is 0 Å². The molecule has 160 valence electrons. The van der Waals surface area contributed by atoms with E-state index in [9.17, 15) is 9.59 Å². The molecule has 1 fully saturated rings. The van der Waals surface area contributed by atoms with Crippen LogP contribution in [0.3, 0.4) is 0 Å². The SMILES string of the molecule is O=C(COC(=O)CCc1cnn(-c2ccccc2)c1)Nc1ccc(N2CCCC2)cc1. The highest BCUT2D eigenvalue weighted by molar-refractivity contribution is 5.92. The number of ether oxygens (including phenoxy) is 1. The van der Waals surface area contributed by atoms with E-state index in [-0.39, 0.29) is 18.9 Å². The largest absolute Gasteiger partial charge is 0.456 e. The fourth-order valence-electron chi connectivity index (χ4n) is 3.60. The van der Waals surface area contributed by atoms with Crippen LogP contribution in [0.1, 0.15) is 24.8 Å². The summed E-state index contributed by atoms with van der Waals surface area (Å²) in [6.45, 7) is 1.86. The van der Waals surface area contributed by atoms with Crippen LogP contribution in [0.4, 0.5) is 11.4 Å². The first-order valence-electron chi connectivity index (χ1n) is 10.6. The molecule has 0 atom stereocenters. The van der Waals surface area contributed by atoms with Gasteiger partial charge in [0.2, 0.25) is 0 Å². The molecule has 3 aromatic rings. The number of carbonyl (C=O) groups excluding carboxylic acids is 2. The van der Waals surface area contributed by atoms with Gasteiger partial charge in [-0.05, 0) is 61.2 Å². The van der Waals surface area contributed by atoms with Gasteiger partial charge in [-0.15, -0.1) is 0 Å². The molecule has 2 heterocycles. The topological polar surface area (TPSA) is 76.5 Å². The molecule has 4 rings (SSSR count). The number of anilines is 2. The minimum absolute atomic E-state index is 0.193. The van der Waals surface area contributed by atoms with E-state index in [1.54, 1.807) is 10.9 Å². The number of carbonyl (C=O) groups is 2. The first kappa shape index (κ1) is 20.7. The molecule has 0 saturated carbocycles. The molecule has 1 amide bonds. The molecule has 1 aromatic heterocycles. The van der Waals surface area contributed by atoms with Gasteiger partial charge in [0.1, 0.15) is 0 Å². The van der Waals surface area contributed by atoms with Crippen LogP contribution in [0.25, 0.3) is 5.69 Å². The molecule has 0 radical (unpaired) electrons. The first-order valence-corrected chi connectivity index (χ1v) is 10.6. The number of hydrogen-bond donors (Lipinski definition) is 1. The smallest absolute Gasteiger partial charge is 0.306 e. The molecule has 1 aliphatic heterocycles. The zero-order valence-electron chi connectivity index (χ0n) is 17.4. The van der Waals surface area contributed by atoms with Crippen molar-refractivity contribution in [2.45, 2.75) is 25.7 Å². The second-order valence-electron chi connectivity index (χ2n) is 7.58. The Bertz CT molecular complexity index is 1010. The predicted molar refractivity (Wildman–Crippen MR) is 119 cm³/mol. The summed E-state index contributed by atoms with van der Waals surface area (Å²) in [6, 6.07) is 17.5. The fourth-order valence-corrected chi connectivity index (χ4v) is 3.60. The number of para-hydroxylation sites is 1. The summed E-state index contributed by atoms with van der Waals surface area (Å²) in [7, 11) is 0. The Hall–Kier alpha value is -3.61. The van der Waals surface area contributed by atoms with Crippen LogP contribution >= 0.6 is 0 Å². The van der Waals surface area contributed by atoms with Crippen LogP contribution < -0.4 is 10.2 Å². The molecule has 0 aliphatic carbocycles. The third kappa shape index (κ3) is 5.72. The summed E-state index contributed by atoms with van der Waals surface area (Å²) in [4.78, 5) is 26.4. The van der Waals surface area contributed by atoms with Gasteiger partial charge in [-0.25, -0.2) is 4.68 Å². The molecular weight excluding hydrogens is 392 g/mol. The van der Waals surface area contributed by atoms with Crippen molar-refractivity contribution in [3.63, 3.8) is 0 Å². The van der Waals surface area contributed by atoms with Gasteiger partial charge in [0.15, 0.2) is 6.61 Å². The van der Waals surface area contributed by atoms with E-state index in [4.69, 9.17) is 4.74 Å². The maximum Gasteiger partial charge on any atom is 0.306 e. The minimum atomic E-state index is -0.410. The van der Waals surface area contributed by atoms with Gasteiger partial charge >= 0.3 is 5.97 Å². The standard InChI is InChI=1S/C24H26N4O3/c29-23(26-20-9-11-21(12-10-20)27-14-4-5-15-27)18-31-24(30)13-8-19-16-25-28(17-19)22-6-2-1-3-7-22/h1-3,6-7,9-12,16-17H,4-5,8,13-15,18H2,(H,26,29). The average Bonchev–Trinajstić information content (AvgIpc) is 3.50. The lowest BCUT2D eigenvalue weighted by atomic mass is 10.2. The van der Waals surface area contributed by atoms with Gasteiger partial charge in [0.05, 0.1) is 11.9 Å². The van der Waals surface area contributed by atoms with Crippen molar-refractivity contribution < 1.29 is 14.3 Å². The zero-order chi connectivity index (χ0) is 21.5. The van der Waals surface area contributed by atoms with E-state index >= 15 is 0 Å². The van der Waals surface area contributed by atoms with Crippen molar-refractivity contribution in [1.29, 1.82) is 0 Å². The highest BCUT2D eigenvalue weighted by Gasteiger charge is 2.13. The van der Waals surface area contributed by atoms with Crippen LogP contribution in [0.15, 0.2) is 67.0 Å². The van der Waals surface area contributed by atoms with Crippen molar-refractivity contribution in [3.05, 3.63) is 72.6 Å². The Balaban J connectivity index is 1.18. The van der Waals surface area contributed by atoms with E-state index in [1.807, 2.05) is 60.8 Å². The van der Waals surface area contributed by atoms with Gasteiger partial charge < -0.3 is 15.0 Å². The lowest BCUT2D eigenvalue weighted by Crippen LogP contribution is -2.21. The van der Waals surface area contributed by atoms with Crippen molar-refractivity contribution in [2.75, 3.05) is 29.9 Å². The highest BCUT2D eigenvalue weighted by atomic mass is 16.5. The first-order chi connectivity index (χ1) is 15.2. The molecule has 7 nitrogen and oxygen atoms in total. The number of aryl methyl sites for hydroxylation is 1. The predicted octanol–water partition coefficient (Wildman–Crippen LogP) is 3.59. The van der Waals surface area contributed by atoms with Crippen molar-refractivity contribution in [2.24, 2.45) is 0 Å². The Morgan fingerprint density at radius 3 is 2.45 bits per heavy atom. The van der Waals surface area contributed by atoms with Gasteiger partial charge in [0, 0.05) is 37.1 Å². The van der Waals surface area contributed by atoms with E-state index in [2.05, 4.69) is 15.3 Å². The fraction of sp³-hybridized carbons (Fsp3) is 0.292. The number of hydrogen-bond acceptors (Lipinski definition) is 5. The van der Waals surface area contributed by atoms with E-state index < -0.39 is 5.97 Å². The summed E-state index contributed by atoms with van der Waals surface area (Å²) < 4.78 is 6.87. The molecule has 0 spiro atoms. The Morgan fingerprint density at radius 1 is 0.968 bits per heavy atom. The molecule has 7 heteroatoms. The van der Waals surface area contributed by atoms with Gasteiger partial charge in [-0.2, -0.15) is 5.10 Å². The summed E-state index contributed by atoms with van der Waals surface area (Å²) in [5, 5.41) is 7.08. The Morgan fingerprint density at radius 2 is 1.71 bits per heavy atom. The van der Waals surface area contributed by atoms with Crippen LogP contribution in [-0.4, -0.2) is 41.4 Å². The molecule has 0 bridgehead atoms. The normalized spacial score (nSPS) is 13.2. The Labute approximate surface area is 181 Å². The van der Waals surface area contributed by atoms with Gasteiger partial charge in [-0.3, -0.25) is 9.59 Å². The van der Waals surface area contributed by atoms with E-state index in [0.717, 1.165) is 30.0 Å². The lowest BCUT2D eigenvalue weighted by molar-refractivity contribution is -0.147. The number of esters is 1. The number of rotatable bonds is 8. The van der Waals surface area contributed by atoms with Crippen LogP contribution in [-0.2, 0) is 20.7 Å². The van der Waals surface area contributed by atoms with E-state index in [0.29, 0.717) is 12.1 Å². The van der Waals surface area contributed by atoms with Crippen molar-refractivity contribution >= 4 is 23.3 Å². The van der Waals surface area contributed by atoms with Gasteiger partial charge in [-0.1, -0.05) is 18.2 Å². The zero-order valence-corrected chi connectivity index (χ0v) is 17.4. The van der Waals surface area contributed by atoms with Crippen LogP contribution in [0, 0.1) is 0 Å². The number of amides is 1. The number of nitrogens with zero attached hydrogens (tertiary/aromatic N) is 3. The van der Waals surface area contributed by atoms with Crippen molar-refractivity contribution in [1.82, 2.24) is 9.78 Å². The molecule has 1 aliphatic rings. The third-order valence-electron chi connectivity index (χ3n) is 5.26. The number of nitrogens with one attached hydrogen (secondary N) is 1. The summed E-state index contributed by atoms with van der Waals surface area (Å²) >= 11 is 0. The maximum atomic E-state index is 12.1. The summed E-state index contributed by atoms with van der Waals surface area (Å²) in [5.74, 6) is -0.758. The third-order valence-corrected chi connectivity index (χ3v) is 5.26. The highest BCUT2D eigenvalue weighted by Crippen LogP contribution is 2.22. The van der Waals surface area contributed by atoms with Gasteiger partial charge in [0.25, 0.3) is 5.91 Å². The lowest BCUT2D eigenvalue weighted by Gasteiger charge is -2.17. The van der Waals surface area contributed by atoms with E-state index in [1.165, 1.54) is 12.8 Å². The Kier molecular flexibility index (Phi) is 6.62. The average molecular weight is 418 g/mol. The molecule has 0 unspecified atom stereocenters. The second kappa shape index (κ2) is 9.93. The maximum absolute atomic E-state index is 12.1. The quantitative estimate of drug-likeness (QED) is 0.566. The van der Waals surface area contributed by atoms with Crippen LogP contribution in [0.5, 0.6) is 0 Å². The van der Waals surface area contributed by atoms with Crippen molar-refractivity contribution in [3.8, 4) is 5.69 Å². The summed E-state index contributed by atoms with van der Waals surface area (Å²) in [5.41, 5.74) is 3.75. The number of aromatic nitrogens is 2. The molecule has 1 N–H and O–H groups in total. The molecule has 1 saturated heterocycles. The summed E-state index contributed by atoms with van der Waals surface area (Å²) in [6.07, 6.45) is 6.77. The minimum Gasteiger partial charge on any atom is -0.456 e. The monoisotopic (exact) mass is 418 g/mol. The second-order valence-corrected chi connectivity index (χ2v) is 7.58. The molecular formula is C24H26N4O3. The molecule has 31 heavy (non-hydrogen) atoms. The number of benzene rings is 2. The molecule has 2 aromatic carbocycles.